The molecule has 4 rings (SSSR count). The van der Waals surface area contributed by atoms with E-state index >= 15 is 4.39 Å². The largest absolute Gasteiger partial charge is 0.491 e. The van der Waals surface area contributed by atoms with Crippen molar-refractivity contribution in [2.45, 2.75) is 52.7 Å². The minimum absolute atomic E-state index is 0.0384. The summed E-state index contributed by atoms with van der Waals surface area (Å²) in [4.78, 5) is 23.8. The third kappa shape index (κ3) is 7.19. The molecule has 0 bridgehead atoms. The lowest BCUT2D eigenvalue weighted by atomic mass is 9.99. The number of rotatable bonds is 11. The van der Waals surface area contributed by atoms with Crippen molar-refractivity contribution in [2.24, 2.45) is 0 Å². The van der Waals surface area contributed by atoms with Crippen LogP contribution in [0.5, 0.6) is 5.75 Å². The summed E-state index contributed by atoms with van der Waals surface area (Å²) in [6.07, 6.45) is -0.0437. The number of hydrogen-bond donors (Lipinski definition) is 2. The number of amides is 1. The molecular formula is C29H38FN5O6. The normalized spacial score (nSPS) is 16.1. The Kier molecular flexibility index (Phi) is 10.2. The van der Waals surface area contributed by atoms with Gasteiger partial charge in [0, 0.05) is 18.8 Å². The predicted molar refractivity (Wildman–Crippen MR) is 149 cm³/mol. The molecule has 2 atom stereocenters. The third-order valence-electron chi connectivity index (χ3n) is 7.02. The van der Waals surface area contributed by atoms with E-state index in [1.165, 1.54) is 18.2 Å². The fourth-order valence-corrected chi connectivity index (χ4v) is 4.89. The third-order valence-corrected chi connectivity index (χ3v) is 7.02. The number of benzene rings is 1. The van der Waals surface area contributed by atoms with Crippen LogP contribution in [-0.2, 0) is 15.9 Å². The van der Waals surface area contributed by atoms with Crippen molar-refractivity contribution in [1.29, 1.82) is 0 Å². The van der Waals surface area contributed by atoms with Crippen molar-refractivity contribution in [3.8, 4) is 28.4 Å². The number of ether oxygens (including phenoxy) is 3. The first-order valence-corrected chi connectivity index (χ1v) is 13.8. The topological polar surface area (TPSA) is 132 Å². The van der Waals surface area contributed by atoms with Crippen LogP contribution >= 0.6 is 0 Å². The highest BCUT2D eigenvalue weighted by Crippen LogP contribution is 2.33. The average molecular weight is 572 g/mol. The number of carbonyl (C=O) groups excluding carboxylic acids is 1. The summed E-state index contributed by atoms with van der Waals surface area (Å²) in [7, 11) is 1.73. The SMILES string of the molecule is CCOC(=O)N1CCOC[C@@H]1CCc1nc(-c2cc(OC[C@H](O)CNC)ccc2F)nc(-c2c(C)noc2C)c1C. The zero-order chi connectivity index (χ0) is 29.5. The van der Waals surface area contributed by atoms with Gasteiger partial charge in [0.25, 0.3) is 0 Å². The molecule has 0 unspecified atom stereocenters. The molecule has 12 heteroatoms. The molecule has 11 nitrogen and oxygen atoms in total. The molecule has 41 heavy (non-hydrogen) atoms. The van der Waals surface area contributed by atoms with E-state index in [4.69, 9.17) is 28.7 Å². The van der Waals surface area contributed by atoms with Crippen molar-refractivity contribution < 1.29 is 33.0 Å². The Balaban J connectivity index is 1.70. The van der Waals surface area contributed by atoms with Crippen LogP contribution in [0.2, 0.25) is 0 Å². The second-order valence-electron chi connectivity index (χ2n) is 9.99. The van der Waals surface area contributed by atoms with Crippen LogP contribution < -0.4 is 10.1 Å². The van der Waals surface area contributed by atoms with Crippen molar-refractivity contribution in [3.05, 3.63) is 46.7 Å². The lowest BCUT2D eigenvalue weighted by Crippen LogP contribution is -2.49. The van der Waals surface area contributed by atoms with Crippen LogP contribution in [-0.4, -0.2) is 89.9 Å². The zero-order valence-electron chi connectivity index (χ0n) is 24.2. The molecule has 1 amide bonds. The number of aryl methyl sites for hydroxylation is 3. The standard InChI is InChI=1S/C29H38FN5O6/c1-6-39-29(37)35-11-12-38-15-20(35)7-10-25-17(2)27(26-18(3)34-41-19(26)4)33-28(32-25)23-13-22(8-9-24(23)30)40-16-21(36)14-31-5/h8-9,13,20-21,31,36H,6-7,10-12,14-16H2,1-5H3/t20-,21+/m0/s1. The molecule has 3 heterocycles. The quantitative estimate of drug-likeness (QED) is 0.352. The first-order valence-electron chi connectivity index (χ1n) is 13.8. The van der Waals surface area contributed by atoms with E-state index in [2.05, 4.69) is 10.5 Å². The Morgan fingerprint density at radius 1 is 1.29 bits per heavy atom. The van der Waals surface area contributed by atoms with Gasteiger partial charge in [0.15, 0.2) is 5.82 Å². The maximum absolute atomic E-state index is 15.2. The molecule has 1 aliphatic heterocycles. The summed E-state index contributed by atoms with van der Waals surface area (Å²) in [5.74, 6) is 0.639. The smallest absolute Gasteiger partial charge is 0.410 e. The summed E-state index contributed by atoms with van der Waals surface area (Å²) in [6, 6.07) is 4.14. The number of morpholine rings is 1. The highest BCUT2D eigenvalue weighted by molar-refractivity contribution is 5.71. The first kappa shape index (κ1) is 30.4. The Bertz CT molecular complexity index is 1330. The number of aliphatic hydroxyl groups excluding tert-OH is 1. The second kappa shape index (κ2) is 13.8. The molecule has 1 aromatic carbocycles. The van der Waals surface area contributed by atoms with E-state index in [0.29, 0.717) is 74.3 Å². The monoisotopic (exact) mass is 571 g/mol. The summed E-state index contributed by atoms with van der Waals surface area (Å²) < 4.78 is 37.3. The van der Waals surface area contributed by atoms with Gasteiger partial charge in [0.2, 0.25) is 0 Å². The van der Waals surface area contributed by atoms with Crippen molar-refractivity contribution in [1.82, 2.24) is 25.3 Å². The molecule has 3 aromatic rings. The van der Waals surface area contributed by atoms with Crippen LogP contribution in [0.3, 0.4) is 0 Å². The van der Waals surface area contributed by atoms with Crippen molar-refractivity contribution >= 4 is 6.09 Å². The molecule has 2 aromatic heterocycles. The number of carbonyl (C=O) groups is 1. The van der Waals surface area contributed by atoms with E-state index in [-0.39, 0.29) is 30.1 Å². The van der Waals surface area contributed by atoms with Gasteiger partial charge in [-0.05, 0) is 71.3 Å². The molecule has 222 valence electrons. The molecule has 2 N–H and O–H groups in total. The molecular weight excluding hydrogens is 533 g/mol. The minimum Gasteiger partial charge on any atom is -0.491 e. The lowest BCUT2D eigenvalue weighted by Gasteiger charge is -2.34. The van der Waals surface area contributed by atoms with E-state index in [9.17, 15) is 9.90 Å². The van der Waals surface area contributed by atoms with Gasteiger partial charge in [0.05, 0.1) is 48.4 Å². The molecule has 1 saturated heterocycles. The summed E-state index contributed by atoms with van der Waals surface area (Å²) in [5.41, 5.74) is 3.66. The first-order chi connectivity index (χ1) is 19.7. The Morgan fingerprint density at radius 2 is 2.10 bits per heavy atom. The highest BCUT2D eigenvalue weighted by Gasteiger charge is 2.29. The molecule has 0 radical (unpaired) electrons. The number of nitrogens with zero attached hydrogens (tertiary/aromatic N) is 4. The fraction of sp³-hybridized carbons (Fsp3) is 0.517. The van der Waals surface area contributed by atoms with Crippen molar-refractivity contribution in [2.75, 3.05) is 46.6 Å². The fourth-order valence-electron chi connectivity index (χ4n) is 4.89. The summed E-state index contributed by atoms with van der Waals surface area (Å²) >= 11 is 0. The van der Waals surface area contributed by atoms with E-state index in [1.54, 1.807) is 25.8 Å². The van der Waals surface area contributed by atoms with Gasteiger partial charge in [-0.2, -0.15) is 0 Å². The number of aromatic nitrogens is 3. The Hall–Kier alpha value is -3.61. The van der Waals surface area contributed by atoms with E-state index < -0.39 is 11.9 Å². The van der Waals surface area contributed by atoms with Gasteiger partial charge in [-0.15, -0.1) is 0 Å². The van der Waals surface area contributed by atoms with Crippen molar-refractivity contribution in [3.63, 3.8) is 0 Å². The van der Waals surface area contributed by atoms with E-state index in [0.717, 1.165) is 11.1 Å². The second-order valence-corrected chi connectivity index (χ2v) is 9.99. The molecule has 0 spiro atoms. The van der Waals surface area contributed by atoms with Crippen LogP contribution in [0, 0.1) is 26.6 Å². The molecule has 1 aliphatic rings. The number of hydrogen-bond acceptors (Lipinski definition) is 10. The van der Waals surface area contributed by atoms with Crippen LogP contribution in [0.4, 0.5) is 9.18 Å². The number of halogens is 1. The number of nitrogens with one attached hydrogen (secondary N) is 1. The summed E-state index contributed by atoms with van der Waals surface area (Å²) in [5, 5.41) is 17.0. The van der Waals surface area contributed by atoms with E-state index in [1.807, 2.05) is 13.8 Å². The molecule has 0 saturated carbocycles. The van der Waals surface area contributed by atoms with Gasteiger partial charge < -0.3 is 34.1 Å². The number of likely N-dealkylation sites (N-methyl/N-ethyl adjacent to an activating group) is 1. The summed E-state index contributed by atoms with van der Waals surface area (Å²) in [6.45, 7) is 9.30. The zero-order valence-corrected chi connectivity index (χ0v) is 24.2. The van der Waals surface area contributed by atoms with Gasteiger partial charge in [-0.1, -0.05) is 5.16 Å². The van der Waals surface area contributed by atoms with Gasteiger partial charge in [0.1, 0.15) is 30.0 Å². The minimum atomic E-state index is -0.722. The highest BCUT2D eigenvalue weighted by atomic mass is 19.1. The van der Waals surface area contributed by atoms with Crippen LogP contribution in [0.25, 0.3) is 22.6 Å². The number of aliphatic hydroxyl groups is 1. The van der Waals surface area contributed by atoms with Gasteiger partial charge in [-0.3, -0.25) is 0 Å². The molecule has 1 fully saturated rings. The Labute approximate surface area is 239 Å². The maximum atomic E-state index is 15.2. The predicted octanol–water partition coefficient (Wildman–Crippen LogP) is 3.61. The molecule has 0 aliphatic carbocycles. The Morgan fingerprint density at radius 3 is 2.80 bits per heavy atom. The maximum Gasteiger partial charge on any atom is 0.410 e. The van der Waals surface area contributed by atoms with Crippen LogP contribution in [0.1, 0.15) is 36.1 Å². The van der Waals surface area contributed by atoms with Gasteiger partial charge >= 0.3 is 6.09 Å². The van der Waals surface area contributed by atoms with Gasteiger partial charge in [-0.25, -0.2) is 19.2 Å². The lowest BCUT2D eigenvalue weighted by molar-refractivity contribution is -0.0103. The van der Waals surface area contributed by atoms with Crippen LogP contribution in [0.15, 0.2) is 22.7 Å². The average Bonchev–Trinajstić information content (AvgIpc) is 3.29.